The number of carbonyl (C=O) groups excluding carboxylic acids is 1. The summed E-state index contributed by atoms with van der Waals surface area (Å²) in [5.41, 5.74) is 1.85. The Bertz CT molecular complexity index is 784. The maximum Gasteiger partial charge on any atom is 0.228 e. The second-order valence-electron chi connectivity index (χ2n) is 4.85. The molecule has 3 aromatic rings. The molecule has 21 heavy (non-hydrogen) atoms. The first kappa shape index (κ1) is 13.8. The molecular formula is C18H14BrNO. The van der Waals surface area contributed by atoms with Crippen molar-refractivity contribution in [2.45, 2.75) is 6.42 Å². The minimum absolute atomic E-state index is 0.00586. The highest BCUT2D eigenvalue weighted by Crippen LogP contribution is 2.29. The SMILES string of the molecule is O=C(Cc1ccccc1)Nc1ccc(Br)c2ccccc12. The molecular weight excluding hydrogens is 326 g/mol. The van der Waals surface area contributed by atoms with E-state index in [1.165, 1.54) is 0 Å². The van der Waals surface area contributed by atoms with Gasteiger partial charge >= 0.3 is 0 Å². The largest absolute Gasteiger partial charge is 0.325 e. The second-order valence-corrected chi connectivity index (χ2v) is 5.71. The van der Waals surface area contributed by atoms with Gasteiger partial charge in [-0.1, -0.05) is 70.5 Å². The predicted molar refractivity (Wildman–Crippen MR) is 90.4 cm³/mol. The Morgan fingerprint density at radius 1 is 0.857 bits per heavy atom. The zero-order valence-electron chi connectivity index (χ0n) is 11.3. The highest BCUT2D eigenvalue weighted by molar-refractivity contribution is 9.10. The lowest BCUT2D eigenvalue weighted by Gasteiger charge is -2.10. The average Bonchev–Trinajstić information content (AvgIpc) is 2.51. The number of hydrogen-bond acceptors (Lipinski definition) is 1. The molecule has 0 unspecified atom stereocenters. The Morgan fingerprint density at radius 3 is 2.29 bits per heavy atom. The van der Waals surface area contributed by atoms with Gasteiger partial charge in [0.05, 0.1) is 6.42 Å². The highest BCUT2D eigenvalue weighted by atomic mass is 79.9. The van der Waals surface area contributed by atoms with Crippen molar-refractivity contribution in [1.82, 2.24) is 0 Å². The Labute approximate surface area is 131 Å². The molecule has 0 atom stereocenters. The van der Waals surface area contributed by atoms with Gasteiger partial charge in [0.2, 0.25) is 5.91 Å². The van der Waals surface area contributed by atoms with Gasteiger partial charge in [-0.25, -0.2) is 0 Å². The molecule has 0 heterocycles. The van der Waals surface area contributed by atoms with E-state index < -0.39 is 0 Å². The summed E-state index contributed by atoms with van der Waals surface area (Å²) in [6, 6.07) is 21.6. The number of fused-ring (bicyclic) bond motifs is 1. The lowest BCUT2D eigenvalue weighted by molar-refractivity contribution is -0.115. The smallest absolute Gasteiger partial charge is 0.228 e. The van der Waals surface area contributed by atoms with Gasteiger partial charge < -0.3 is 5.32 Å². The number of rotatable bonds is 3. The number of carbonyl (C=O) groups is 1. The van der Waals surface area contributed by atoms with Crippen LogP contribution in [0.1, 0.15) is 5.56 Å². The van der Waals surface area contributed by atoms with E-state index in [4.69, 9.17) is 0 Å². The van der Waals surface area contributed by atoms with Crippen LogP contribution in [0.4, 0.5) is 5.69 Å². The van der Waals surface area contributed by atoms with E-state index in [2.05, 4.69) is 21.2 Å². The summed E-state index contributed by atoms with van der Waals surface area (Å²) in [6.07, 6.45) is 0.380. The summed E-state index contributed by atoms with van der Waals surface area (Å²) >= 11 is 3.54. The monoisotopic (exact) mass is 339 g/mol. The predicted octanol–water partition coefficient (Wildman–Crippen LogP) is 4.78. The number of hydrogen-bond donors (Lipinski definition) is 1. The van der Waals surface area contributed by atoms with Gasteiger partial charge in [0.25, 0.3) is 0 Å². The van der Waals surface area contributed by atoms with Crippen molar-refractivity contribution in [3.05, 3.63) is 76.8 Å². The van der Waals surface area contributed by atoms with Crippen molar-refractivity contribution in [3.63, 3.8) is 0 Å². The summed E-state index contributed by atoms with van der Waals surface area (Å²) in [6.45, 7) is 0. The maximum atomic E-state index is 12.2. The molecule has 0 aromatic heterocycles. The van der Waals surface area contributed by atoms with Crippen LogP contribution < -0.4 is 5.32 Å². The van der Waals surface area contributed by atoms with Crippen molar-refractivity contribution in [3.8, 4) is 0 Å². The van der Waals surface area contributed by atoms with Crippen LogP contribution in [0.15, 0.2) is 71.2 Å². The standard InChI is InChI=1S/C18H14BrNO/c19-16-10-11-17(15-9-5-4-8-14(15)16)20-18(21)12-13-6-2-1-3-7-13/h1-11H,12H2,(H,20,21). The molecule has 3 heteroatoms. The van der Waals surface area contributed by atoms with Crippen LogP contribution in [0.5, 0.6) is 0 Å². The molecule has 3 rings (SSSR count). The van der Waals surface area contributed by atoms with E-state index in [0.29, 0.717) is 6.42 Å². The van der Waals surface area contributed by atoms with Crippen LogP contribution in [-0.2, 0) is 11.2 Å². The molecule has 0 bridgehead atoms. The summed E-state index contributed by atoms with van der Waals surface area (Å²) < 4.78 is 1.03. The summed E-state index contributed by atoms with van der Waals surface area (Å²) in [7, 11) is 0. The minimum Gasteiger partial charge on any atom is -0.325 e. The molecule has 1 amide bonds. The summed E-state index contributed by atoms with van der Waals surface area (Å²) in [5, 5.41) is 5.13. The number of benzene rings is 3. The van der Waals surface area contributed by atoms with Crippen LogP contribution in [-0.4, -0.2) is 5.91 Å². The van der Waals surface area contributed by atoms with E-state index >= 15 is 0 Å². The van der Waals surface area contributed by atoms with Crippen molar-refractivity contribution < 1.29 is 4.79 Å². The Kier molecular flexibility index (Phi) is 4.02. The van der Waals surface area contributed by atoms with Crippen molar-refractivity contribution in [2.75, 3.05) is 5.32 Å². The number of halogens is 1. The Balaban J connectivity index is 1.85. The van der Waals surface area contributed by atoms with Gasteiger partial charge in [0, 0.05) is 15.5 Å². The molecule has 0 saturated heterocycles. The second kappa shape index (κ2) is 6.10. The minimum atomic E-state index is -0.00586. The fourth-order valence-corrected chi connectivity index (χ4v) is 2.82. The molecule has 1 N–H and O–H groups in total. The van der Waals surface area contributed by atoms with Crippen LogP contribution in [0.2, 0.25) is 0 Å². The number of nitrogens with one attached hydrogen (secondary N) is 1. The van der Waals surface area contributed by atoms with Crippen LogP contribution in [0.25, 0.3) is 10.8 Å². The van der Waals surface area contributed by atoms with E-state index in [-0.39, 0.29) is 5.91 Å². The molecule has 0 spiro atoms. The van der Waals surface area contributed by atoms with Crippen molar-refractivity contribution in [1.29, 1.82) is 0 Å². The van der Waals surface area contributed by atoms with Gasteiger partial charge in [-0.3, -0.25) is 4.79 Å². The first-order valence-electron chi connectivity index (χ1n) is 6.75. The molecule has 0 aliphatic heterocycles. The number of amides is 1. The third-order valence-electron chi connectivity index (χ3n) is 3.35. The molecule has 0 fully saturated rings. The average molecular weight is 340 g/mol. The van der Waals surface area contributed by atoms with Gasteiger partial charge in [0.1, 0.15) is 0 Å². The summed E-state index contributed by atoms with van der Waals surface area (Å²) in [4.78, 5) is 12.2. The van der Waals surface area contributed by atoms with E-state index in [1.807, 2.05) is 66.7 Å². The Hall–Kier alpha value is -2.13. The Morgan fingerprint density at radius 2 is 1.52 bits per heavy atom. The molecule has 0 aliphatic rings. The van der Waals surface area contributed by atoms with Gasteiger partial charge in [-0.15, -0.1) is 0 Å². The normalized spacial score (nSPS) is 10.5. The molecule has 0 aliphatic carbocycles. The quantitative estimate of drug-likeness (QED) is 0.730. The third-order valence-corrected chi connectivity index (χ3v) is 4.04. The van der Waals surface area contributed by atoms with Crippen LogP contribution in [0, 0.1) is 0 Å². The van der Waals surface area contributed by atoms with Crippen LogP contribution >= 0.6 is 15.9 Å². The van der Waals surface area contributed by atoms with Crippen molar-refractivity contribution >= 4 is 38.3 Å². The fraction of sp³-hybridized carbons (Fsp3) is 0.0556. The van der Waals surface area contributed by atoms with E-state index in [0.717, 1.165) is 26.5 Å². The van der Waals surface area contributed by atoms with Crippen LogP contribution in [0.3, 0.4) is 0 Å². The molecule has 0 radical (unpaired) electrons. The molecule has 3 aromatic carbocycles. The lowest BCUT2D eigenvalue weighted by atomic mass is 10.1. The zero-order valence-corrected chi connectivity index (χ0v) is 12.9. The third kappa shape index (κ3) is 3.14. The number of anilines is 1. The fourth-order valence-electron chi connectivity index (χ4n) is 2.35. The molecule has 2 nitrogen and oxygen atoms in total. The first-order chi connectivity index (χ1) is 10.2. The van der Waals surface area contributed by atoms with Gasteiger partial charge in [-0.2, -0.15) is 0 Å². The van der Waals surface area contributed by atoms with E-state index in [1.54, 1.807) is 0 Å². The zero-order chi connectivity index (χ0) is 14.7. The maximum absolute atomic E-state index is 12.2. The first-order valence-corrected chi connectivity index (χ1v) is 7.54. The lowest BCUT2D eigenvalue weighted by Crippen LogP contribution is -2.14. The van der Waals surface area contributed by atoms with Gasteiger partial charge in [-0.05, 0) is 23.1 Å². The van der Waals surface area contributed by atoms with E-state index in [9.17, 15) is 4.79 Å². The molecule has 0 saturated carbocycles. The topological polar surface area (TPSA) is 29.1 Å². The molecule has 104 valence electrons. The van der Waals surface area contributed by atoms with Gasteiger partial charge in [0.15, 0.2) is 0 Å². The highest BCUT2D eigenvalue weighted by Gasteiger charge is 2.08. The van der Waals surface area contributed by atoms with Crippen molar-refractivity contribution in [2.24, 2.45) is 0 Å². The summed E-state index contributed by atoms with van der Waals surface area (Å²) in [5.74, 6) is -0.00586.